The van der Waals surface area contributed by atoms with Gasteiger partial charge in [0, 0.05) is 13.2 Å². The fourth-order valence-electron chi connectivity index (χ4n) is 3.82. The summed E-state index contributed by atoms with van der Waals surface area (Å²) in [6.07, 6.45) is 4.71. The Balaban J connectivity index is 1.71. The fourth-order valence-corrected chi connectivity index (χ4v) is 3.82. The Labute approximate surface area is 157 Å². The van der Waals surface area contributed by atoms with E-state index in [-0.39, 0.29) is 12.5 Å². The maximum Gasteiger partial charge on any atom is 0.246 e. The summed E-state index contributed by atoms with van der Waals surface area (Å²) in [4.78, 5) is 12.3. The van der Waals surface area contributed by atoms with Crippen molar-refractivity contribution in [1.29, 1.82) is 0 Å². The Kier molecular flexibility index (Phi) is 4.93. The number of carbonyl (C=O) groups is 1. The molecule has 0 saturated heterocycles. The van der Waals surface area contributed by atoms with Crippen LogP contribution in [0.2, 0.25) is 0 Å². The minimum atomic E-state index is -0.607. The number of nitrogens with one attached hydrogen (secondary N) is 1. The molecule has 1 fully saturated rings. The molecule has 0 unspecified atom stereocenters. The summed E-state index contributed by atoms with van der Waals surface area (Å²) in [6, 6.07) is 5.61. The zero-order valence-electron chi connectivity index (χ0n) is 15.3. The van der Waals surface area contributed by atoms with Crippen molar-refractivity contribution in [3.63, 3.8) is 0 Å². The van der Waals surface area contributed by atoms with E-state index in [0.717, 1.165) is 37.8 Å². The highest BCUT2D eigenvalue weighted by Crippen LogP contribution is 2.38. The van der Waals surface area contributed by atoms with Crippen molar-refractivity contribution in [2.24, 2.45) is 0 Å². The molecule has 1 aromatic heterocycles. The van der Waals surface area contributed by atoms with Gasteiger partial charge in [-0.15, -0.1) is 5.10 Å². The molecule has 2 aromatic rings. The predicted octanol–water partition coefficient (Wildman–Crippen LogP) is 1.36. The number of nitrogens with zero attached hydrogens (tertiary/aromatic N) is 4. The molecule has 0 bridgehead atoms. The van der Waals surface area contributed by atoms with E-state index in [4.69, 9.17) is 14.2 Å². The van der Waals surface area contributed by atoms with Gasteiger partial charge in [-0.05, 0) is 35.4 Å². The summed E-state index contributed by atoms with van der Waals surface area (Å²) in [6.45, 7) is 1.06. The number of fused-ring (bicyclic) bond motifs is 1. The number of amides is 1. The van der Waals surface area contributed by atoms with Gasteiger partial charge in [0.1, 0.15) is 25.4 Å². The Morgan fingerprint density at radius 1 is 1.22 bits per heavy atom. The lowest BCUT2D eigenvalue weighted by atomic mass is 9.80. The fraction of sp³-hybridized carbons (Fsp3) is 0.556. The van der Waals surface area contributed by atoms with Crippen LogP contribution in [0.15, 0.2) is 18.2 Å². The quantitative estimate of drug-likeness (QED) is 0.844. The molecule has 0 atom stereocenters. The van der Waals surface area contributed by atoms with Crippen molar-refractivity contribution in [2.45, 2.75) is 37.6 Å². The van der Waals surface area contributed by atoms with Crippen molar-refractivity contribution in [3.05, 3.63) is 24.0 Å². The molecule has 1 aromatic carbocycles. The molecular weight excluding hydrogens is 350 g/mol. The van der Waals surface area contributed by atoms with Crippen LogP contribution in [0.25, 0.3) is 5.69 Å². The van der Waals surface area contributed by atoms with Crippen LogP contribution in [0.5, 0.6) is 11.5 Å². The third-order valence-electron chi connectivity index (χ3n) is 5.03. The molecule has 2 aliphatic rings. The molecule has 9 heteroatoms. The Morgan fingerprint density at radius 3 is 2.78 bits per heavy atom. The van der Waals surface area contributed by atoms with Crippen LogP contribution >= 0.6 is 0 Å². The van der Waals surface area contributed by atoms with Crippen molar-refractivity contribution in [1.82, 2.24) is 25.5 Å². The minimum Gasteiger partial charge on any atom is -0.486 e. The number of methoxy groups -OCH3 is 1. The lowest BCUT2D eigenvalue weighted by Gasteiger charge is -2.36. The first-order valence-corrected chi connectivity index (χ1v) is 9.21. The van der Waals surface area contributed by atoms with Crippen LogP contribution in [0, 0.1) is 0 Å². The second-order valence-corrected chi connectivity index (χ2v) is 6.87. The molecule has 27 heavy (non-hydrogen) atoms. The van der Waals surface area contributed by atoms with Crippen molar-refractivity contribution in [3.8, 4) is 17.2 Å². The zero-order chi connectivity index (χ0) is 18.7. The van der Waals surface area contributed by atoms with Gasteiger partial charge in [0.25, 0.3) is 0 Å². The van der Waals surface area contributed by atoms with E-state index in [1.165, 1.54) is 7.11 Å². The average Bonchev–Trinajstić information content (AvgIpc) is 3.19. The predicted molar refractivity (Wildman–Crippen MR) is 94.9 cm³/mol. The van der Waals surface area contributed by atoms with Crippen LogP contribution < -0.4 is 14.8 Å². The summed E-state index contributed by atoms with van der Waals surface area (Å²) in [7, 11) is 1.51. The van der Waals surface area contributed by atoms with E-state index >= 15 is 0 Å². The van der Waals surface area contributed by atoms with Gasteiger partial charge in [0.2, 0.25) is 5.91 Å². The number of tetrazole rings is 1. The van der Waals surface area contributed by atoms with E-state index in [1.54, 1.807) is 4.68 Å². The third-order valence-corrected chi connectivity index (χ3v) is 5.03. The summed E-state index contributed by atoms with van der Waals surface area (Å²) in [5, 5.41) is 15.5. The summed E-state index contributed by atoms with van der Waals surface area (Å²) in [5.74, 6) is 1.83. The Hall–Kier alpha value is -2.68. The number of carbonyl (C=O) groups excluding carboxylic acids is 1. The van der Waals surface area contributed by atoms with Crippen LogP contribution in [0.1, 0.15) is 37.9 Å². The maximum atomic E-state index is 12.3. The Morgan fingerprint density at radius 2 is 2.00 bits per heavy atom. The van der Waals surface area contributed by atoms with Gasteiger partial charge in [-0.2, -0.15) is 4.68 Å². The van der Waals surface area contributed by atoms with E-state index in [9.17, 15) is 4.79 Å². The first-order valence-electron chi connectivity index (χ1n) is 9.21. The highest BCUT2D eigenvalue weighted by Gasteiger charge is 2.40. The molecular formula is C18H23N5O4. The van der Waals surface area contributed by atoms with Gasteiger partial charge in [-0.1, -0.05) is 19.3 Å². The zero-order valence-corrected chi connectivity index (χ0v) is 15.3. The minimum absolute atomic E-state index is 0.00728. The van der Waals surface area contributed by atoms with E-state index in [2.05, 4.69) is 20.8 Å². The molecule has 4 rings (SSSR count). The third kappa shape index (κ3) is 3.46. The molecule has 2 heterocycles. The van der Waals surface area contributed by atoms with Crippen LogP contribution in [-0.2, 0) is 15.1 Å². The van der Waals surface area contributed by atoms with Gasteiger partial charge in [-0.25, -0.2) is 0 Å². The molecule has 1 aliphatic heterocycles. The van der Waals surface area contributed by atoms with Crippen molar-refractivity contribution in [2.75, 3.05) is 26.9 Å². The lowest BCUT2D eigenvalue weighted by Crippen LogP contribution is -2.50. The van der Waals surface area contributed by atoms with E-state index in [0.29, 0.717) is 30.5 Å². The number of hydrogen-bond acceptors (Lipinski definition) is 7. The van der Waals surface area contributed by atoms with Crippen LogP contribution in [0.4, 0.5) is 0 Å². The van der Waals surface area contributed by atoms with Gasteiger partial charge in [0.15, 0.2) is 17.3 Å². The molecule has 9 nitrogen and oxygen atoms in total. The number of hydrogen-bond donors (Lipinski definition) is 1. The second kappa shape index (κ2) is 7.51. The van der Waals surface area contributed by atoms with Gasteiger partial charge in [-0.3, -0.25) is 4.79 Å². The molecule has 0 radical (unpaired) electrons. The highest BCUT2D eigenvalue weighted by molar-refractivity contribution is 5.78. The molecule has 1 amide bonds. The number of ether oxygens (including phenoxy) is 3. The summed E-state index contributed by atoms with van der Waals surface area (Å²) >= 11 is 0. The molecule has 1 N–H and O–H groups in total. The first kappa shape index (κ1) is 17.7. The second-order valence-electron chi connectivity index (χ2n) is 6.87. The molecule has 144 valence electrons. The summed E-state index contributed by atoms with van der Waals surface area (Å²) < 4.78 is 17.9. The smallest absolute Gasteiger partial charge is 0.246 e. The topological polar surface area (TPSA) is 100 Å². The summed E-state index contributed by atoms with van der Waals surface area (Å²) in [5.41, 5.74) is 0.162. The number of benzene rings is 1. The van der Waals surface area contributed by atoms with E-state index in [1.807, 2.05) is 18.2 Å². The first-order chi connectivity index (χ1) is 13.2. The highest BCUT2D eigenvalue weighted by atomic mass is 16.6. The molecule has 1 aliphatic carbocycles. The van der Waals surface area contributed by atoms with Gasteiger partial charge < -0.3 is 19.5 Å². The van der Waals surface area contributed by atoms with Gasteiger partial charge >= 0.3 is 0 Å². The molecule has 1 saturated carbocycles. The normalized spacial score (nSPS) is 18.1. The number of rotatable bonds is 5. The van der Waals surface area contributed by atoms with E-state index < -0.39 is 5.54 Å². The molecule has 0 spiro atoms. The largest absolute Gasteiger partial charge is 0.486 e. The number of aromatic nitrogens is 4. The van der Waals surface area contributed by atoms with Crippen molar-refractivity contribution < 1.29 is 19.0 Å². The maximum absolute atomic E-state index is 12.3. The van der Waals surface area contributed by atoms with Gasteiger partial charge in [0.05, 0.1) is 5.69 Å². The van der Waals surface area contributed by atoms with Crippen LogP contribution in [0.3, 0.4) is 0 Å². The standard InChI is InChI=1S/C18H23N5O4/c1-25-12-16(24)19-18(7-3-2-4-8-18)17-20-21-22-23(17)13-5-6-14-15(11-13)27-10-9-26-14/h5-6,11H,2-4,7-10,12H2,1H3,(H,19,24). The lowest BCUT2D eigenvalue weighted by molar-refractivity contribution is -0.127. The average molecular weight is 373 g/mol. The SMILES string of the molecule is COCC(=O)NC1(c2nnnn2-c2ccc3c(c2)OCCO3)CCCCC1. The monoisotopic (exact) mass is 373 g/mol. The van der Waals surface area contributed by atoms with Crippen molar-refractivity contribution >= 4 is 5.91 Å². The van der Waals surface area contributed by atoms with Crippen LogP contribution in [-0.4, -0.2) is 53.0 Å². The Bertz CT molecular complexity index is 816.